The highest BCUT2D eigenvalue weighted by molar-refractivity contribution is 6.03. The minimum absolute atomic E-state index is 0.438. The molecule has 1 aliphatic rings. The number of nitrogens with one attached hydrogen (secondary N) is 2. The number of primary amides is 2. The summed E-state index contributed by atoms with van der Waals surface area (Å²) in [6.07, 6.45) is 0.582. The molecule has 0 unspecified atom stereocenters. The fraction of sp³-hybridized carbons (Fsp3) is 0.0370. The predicted molar refractivity (Wildman–Crippen MR) is 136 cm³/mol. The molecule has 0 fully saturated rings. The number of rotatable bonds is 5. The minimum Gasteiger partial charge on any atom is -0.399 e. The van der Waals surface area contributed by atoms with Gasteiger partial charge in [0.2, 0.25) is 11.8 Å². The lowest BCUT2D eigenvalue weighted by Gasteiger charge is -2.26. The SMILES string of the molecule is NC(=O)c1ccc2c(c1)Nc1ccc(C(N)=O)c(-c3ccc(Nc4ccc(N)cc4)cc3)c1C2. The van der Waals surface area contributed by atoms with E-state index in [9.17, 15) is 9.59 Å². The Balaban J connectivity index is 1.52. The van der Waals surface area contributed by atoms with E-state index in [0.29, 0.717) is 23.2 Å². The van der Waals surface area contributed by atoms with Gasteiger partial charge >= 0.3 is 0 Å². The summed E-state index contributed by atoms with van der Waals surface area (Å²) in [5.74, 6) is -0.968. The van der Waals surface area contributed by atoms with Crippen LogP contribution in [0.3, 0.4) is 0 Å². The maximum absolute atomic E-state index is 12.3. The molecule has 0 aliphatic carbocycles. The maximum atomic E-state index is 12.3. The van der Waals surface area contributed by atoms with Gasteiger partial charge in [-0.05, 0) is 82.9 Å². The van der Waals surface area contributed by atoms with Gasteiger partial charge in [0.05, 0.1) is 0 Å². The zero-order valence-corrected chi connectivity index (χ0v) is 18.3. The number of benzene rings is 4. The second kappa shape index (κ2) is 8.29. The van der Waals surface area contributed by atoms with Crippen LogP contribution in [0.15, 0.2) is 78.9 Å². The molecule has 34 heavy (non-hydrogen) atoms. The van der Waals surface area contributed by atoms with E-state index in [1.165, 1.54) is 0 Å². The first-order valence-corrected chi connectivity index (χ1v) is 10.8. The summed E-state index contributed by atoms with van der Waals surface area (Å²) in [5, 5.41) is 6.72. The molecule has 4 aromatic rings. The van der Waals surface area contributed by atoms with Crippen molar-refractivity contribution in [2.45, 2.75) is 6.42 Å². The maximum Gasteiger partial charge on any atom is 0.249 e. The minimum atomic E-state index is -0.489. The van der Waals surface area contributed by atoms with Crippen LogP contribution in [0, 0.1) is 0 Å². The topological polar surface area (TPSA) is 136 Å². The largest absolute Gasteiger partial charge is 0.399 e. The van der Waals surface area contributed by atoms with E-state index in [-0.39, 0.29) is 0 Å². The summed E-state index contributed by atoms with van der Waals surface area (Å²) in [7, 11) is 0. The summed E-state index contributed by atoms with van der Waals surface area (Å²) in [6.45, 7) is 0. The van der Waals surface area contributed by atoms with Gasteiger partial charge in [-0.1, -0.05) is 18.2 Å². The number of nitrogen functional groups attached to an aromatic ring is 1. The van der Waals surface area contributed by atoms with E-state index in [4.69, 9.17) is 17.2 Å². The van der Waals surface area contributed by atoms with Gasteiger partial charge in [0, 0.05) is 46.0 Å². The van der Waals surface area contributed by atoms with Crippen LogP contribution < -0.4 is 27.8 Å². The molecular formula is C27H23N5O2. The zero-order valence-electron chi connectivity index (χ0n) is 18.3. The number of hydrogen-bond donors (Lipinski definition) is 5. The number of fused-ring (bicyclic) bond motifs is 2. The second-order valence-corrected chi connectivity index (χ2v) is 8.24. The van der Waals surface area contributed by atoms with Crippen LogP contribution in [-0.2, 0) is 6.42 Å². The number of carbonyl (C=O) groups is 2. The van der Waals surface area contributed by atoms with Gasteiger partial charge in [0.25, 0.3) is 0 Å². The van der Waals surface area contributed by atoms with Gasteiger partial charge in [-0.25, -0.2) is 0 Å². The van der Waals surface area contributed by atoms with Crippen molar-refractivity contribution in [2.75, 3.05) is 16.4 Å². The van der Waals surface area contributed by atoms with Crippen molar-refractivity contribution in [3.8, 4) is 11.1 Å². The Morgan fingerprint density at radius 1 is 0.765 bits per heavy atom. The molecule has 168 valence electrons. The number of nitrogens with two attached hydrogens (primary N) is 3. The average molecular weight is 450 g/mol. The Labute approximate surface area is 196 Å². The van der Waals surface area contributed by atoms with Crippen molar-refractivity contribution >= 4 is 40.3 Å². The molecule has 2 amide bonds. The molecule has 1 heterocycles. The molecule has 5 rings (SSSR count). The Morgan fingerprint density at radius 3 is 2.09 bits per heavy atom. The molecule has 0 saturated heterocycles. The second-order valence-electron chi connectivity index (χ2n) is 8.24. The van der Waals surface area contributed by atoms with Crippen molar-refractivity contribution in [3.05, 3.63) is 101 Å². The monoisotopic (exact) mass is 449 g/mol. The number of hydrogen-bond acceptors (Lipinski definition) is 5. The smallest absolute Gasteiger partial charge is 0.249 e. The van der Waals surface area contributed by atoms with Gasteiger partial charge in [-0.3, -0.25) is 9.59 Å². The highest BCUT2D eigenvalue weighted by atomic mass is 16.1. The Bertz CT molecular complexity index is 1430. The molecule has 0 atom stereocenters. The lowest BCUT2D eigenvalue weighted by molar-refractivity contribution is 0.0992. The number of anilines is 5. The summed E-state index contributed by atoms with van der Waals surface area (Å²) >= 11 is 0. The van der Waals surface area contributed by atoms with Crippen LogP contribution in [0.4, 0.5) is 28.4 Å². The predicted octanol–water partition coefficient (Wildman–Crippen LogP) is 4.53. The van der Waals surface area contributed by atoms with Crippen molar-refractivity contribution in [1.29, 1.82) is 0 Å². The van der Waals surface area contributed by atoms with Gasteiger partial charge < -0.3 is 27.8 Å². The molecule has 0 spiro atoms. The van der Waals surface area contributed by atoms with Crippen LogP contribution >= 0.6 is 0 Å². The molecule has 7 heteroatoms. The lowest BCUT2D eigenvalue weighted by Crippen LogP contribution is -2.17. The highest BCUT2D eigenvalue weighted by Gasteiger charge is 2.23. The van der Waals surface area contributed by atoms with Crippen molar-refractivity contribution in [3.63, 3.8) is 0 Å². The first-order chi connectivity index (χ1) is 16.4. The Hall–Kier alpha value is -4.78. The molecular weight excluding hydrogens is 426 g/mol. The molecule has 4 aromatic carbocycles. The third kappa shape index (κ3) is 3.91. The summed E-state index contributed by atoms with van der Waals surface area (Å²) < 4.78 is 0. The van der Waals surface area contributed by atoms with E-state index >= 15 is 0 Å². The molecule has 0 saturated carbocycles. The van der Waals surface area contributed by atoms with Crippen LogP contribution in [0.1, 0.15) is 31.8 Å². The van der Waals surface area contributed by atoms with Crippen LogP contribution in [0.2, 0.25) is 0 Å². The van der Waals surface area contributed by atoms with E-state index in [1.54, 1.807) is 18.2 Å². The van der Waals surface area contributed by atoms with Gasteiger partial charge in [-0.15, -0.1) is 0 Å². The van der Waals surface area contributed by atoms with Crippen molar-refractivity contribution < 1.29 is 9.59 Å². The fourth-order valence-electron chi connectivity index (χ4n) is 4.27. The standard InChI is InChI=1S/C27H23N5O2/c28-18-5-9-20(10-6-18)31-19-7-3-15(4-8-19)25-21(27(30)34)11-12-23-22(25)13-16-1-2-17(26(29)33)14-24(16)32-23/h1-12,14,31-32H,13,28H2,(H2,29,33)(H2,30,34). The zero-order chi connectivity index (χ0) is 23.8. The van der Waals surface area contributed by atoms with Crippen LogP contribution in [0.5, 0.6) is 0 Å². The quantitative estimate of drug-likeness (QED) is 0.251. The van der Waals surface area contributed by atoms with Gasteiger partial charge in [0.1, 0.15) is 0 Å². The van der Waals surface area contributed by atoms with Gasteiger partial charge in [0.15, 0.2) is 0 Å². The molecule has 7 nitrogen and oxygen atoms in total. The summed E-state index contributed by atoms with van der Waals surface area (Å²) in [5.41, 5.74) is 25.7. The first-order valence-electron chi connectivity index (χ1n) is 10.8. The number of amides is 2. The van der Waals surface area contributed by atoms with Crippen molar-refractivity contribution in [1.82, 2.24) is 0 Å². The number of carbonyl (C=O) groups excluding carboxylic acids is 2. The van der Waals surface area contributed by atoms with E-state index in [2.05, 4.69) is 10.6 Å². The van der Waals surface area contributed by atoms with Crippen molar-refractivity contribution in [2.24, 2.45) is 11.5 Å². The third-order valence-corrected chi connectivity index (χ3v) is 5.98. The highest BCUT2D eigenvalue weighted by Crippen LogP contribution is 2.41. The fourth-order valence-corrected chi connectivity index (χ4v) is 4.27. The van der Waals surface area contributed by atoms with Gasteiger partial charge in [-0.2, -0.15) is 0 Å². The first kappa shape index (κ1) is 21.1. The summed E-state index contributed by atoms with van der Waals surface area (Å²) in [4.78, 5) is 23.9. The van der Waals surface area contributed by atoms with Crippen LogP contribution in [-0.4, -0.2) is 11.8 Å². The van der Waals surface area contributed by atoms with Crippen LogP contribution in [0.25, 0.3) is 11.1 Å². The Kier molecular flexibility index (Phi) is 5.14. The average Bonchev–Trinajstić information content (AvgIpc) is 2.83. The van der Waals surface area contributed by atoms with E-state index in [1.807, 2.05) is 60.7 Å². The lowest BCUT2D eigenvalue weighted by atomic mass is 9.86. The Morgan fingerprint density at radius 2 is 1.44 bits per heavy atom. The van der Waals surface area contributed by atoms with E-state index in [0.717, 1.165) is 45.0 Å². The molecule has 0 radical (unpaired) electrons. The summed E-state index contributed by atoms with van der Waals surface area (Å²) in [6, 6.07) is 24.3. The molecule has 0 aromatic heterocycles. The molecule has 1 aliphatic heterocycles. The molecule has 0 bridgehead atoms. The van der Waals surface area contributed by atoms with E-state index < -0.39 is 11.8 Å². The molecule has 8 N–H and O–H groups in total. The third-order valence-electron chi connectivity index (χ3n) is 5.98. The normalized spacial score (nSPS) is 11.6.